The van der Waals surface area contributed by atoms with Crippen LogP contribution in [0.15, 0.2) is 18.2 Å². The number of benzene rings is 1. The van der Waals surface area contributed by atoms with Crippen LogP contribution in [0.3, 0.4) is 0 Å². The highest BCUT2D eigenvalue weighted by Gasteiger charge is 2.12. The van der Waals surface area contributed by atoms with Crippen LogP contribution >= 0.6 is 15.9 Å². The largest absolute Gasteiger partial charge is 0.355 e. The third-order valence-electron chi connectivity index (χ3n) is 3.08. The molecule has 0 aliphatic carbocycles. The van der Waals surface area contributed by atoms with E-state index < -0.39 is 0 Å². The van der Waals surface area contributed by atoms with Crippen molar-refractivity contribution in [2.45, 2.75) is 38.4 Å². The van der Waals surface area contributed by atoms with Gasteiger partial charge in [0.2, 0.25) is 11.8 Å². The lowest BCUT2D eigenvalue weighted by molar-refractivity contribution is -0.120. The van der Waals surface area contributed by atoms with Crippen LogP contribution in [0.4, 0.5) is 5.69 Å². The minimum absolute atomic E-state index is 0.0773. The van der Waals surface area contributed by atoms with Crippen molar-refractivity contribution in [2.75, 3.05) is 11.9 Å². The molecule has 0 radical (unpaired) electrons. The van der Waals surface area contributed by atoms with Crippen molar-refractivity contribution in [3.05, 3.63) is 29.3 Å². The zero-order valence-corrected chi connectivity index (χ0v) is 13.7. The molecule has 0 aliphatic rings. The Morgan fingerprint density at radius 1 is 1.25 bits per heavy atom. The summed E-state index contributed by atoms with van der Waals surface area (Å²) in [6.07, 6.45) is 0.989. The van der Waals surface area contributed by atoms with Crippen LogP contribution in [0, 0.1) is 13.8 Å². The minimum atomic E-state index is -0.190. The third kappa shape index (κ3) is 5.33. The van der Waals surface area contributed by atoms with Crippen molar-refractivity contribution in [2.24, 2.45) is 0 Å². The van der Waals surface area contributed by atoms with Gasteiger partial charge in [-0.1, -0.05) is 28.9 Å². The molecular formula is C15H21BrN2O2. The predicted octanol–water partition coefficient (Wildman–Crippen LogP) is 2.92. The Morgan fingerprint density at radius 2 is 1.95 bits per heavy atom. The van der Waals surface area contributed by atoms with Gasteiger partial charge in [-0.15, -0.1) is 0 Å². The van der Waals surface area contributed by atoms with E-state index in [4.69, 9.17) is 0 Å². The fourth-order valence-electron chi connectivity index (χ4n) is 1.64. The van der Waals surface area contributed by atoms with Gasteiger partial charge < -0.3 is 10.6 Å². The van der Waals surface area contributed by atoms with Gasteiger partial charge in [-0.05, 0) is 43.5 Å². The van der Waals surface area contributed by atoms with E-state index in [1.54, 1.807) is 0 Å². The van der Waals surface area contributed by atoms with Crippen LogP contribution in [0.2, 0.25) is 0 Å². The summed E-state index contributed by atoms with van der Waals surface area (Å²) in [6.45, 7) is 6.30. The van der Waals surface area contributed by atoms with Crippen molar-refractivity contribution in [3.8, 4) is 0 Å². The normalized spacial score (nSPS) is 11.8. The smallest absolute Gasteiger partial charge is 0.233 e. The number of hydrogen-bond acceptors (Lipinski definition) is 2. The standard InChI is InChI=1S/C15H21BrN2O2/c1-4-13(16)15(20)17-8-7-14(19)18-12-6-5-10(2)11(3)9-12/h5-6,9,13H,4,7-8H2,1-3H3,(H,17,20)(H,18,19)/t13-/m1/s1. The van der Waals surface area contributed by atoms with Gasteiger partial charge in [0.05, 0.1) is 4.83 Å². The van der Waals surface area contributed by atoms with Crippen molar-refractivity contribution in [1.29, 1.82) is 0 Å². The maximum atomic E-state index is 11.8. The van der Waals surface area contributed by atoms with E-state index in [1.807, 2.05) is 39.0 Å². The second-order valence-electron chi connectivity index (χ2n) is 4.76. The molecule has 0 aromatic heterocycles. The quantitative estimate of drug-likeness (QED) is 0.782. The van der Waals surface area contributed by atoms with E-state index in [2.05, 4.69) is 26.6 Å². The summed E-state index contributed by atoms with van der Waals surface area (Å²) >= 11 is 3.27. The Labute approximate surface area is 128 Å². The molecule has 4 nitrogen and oxygen atoms in total. The molecule has 2 N–H and O–H groups in total. The van der Waals surface area contributed by atoms with Gasteiger partial charge in [-0.2, -0.15) is 0 Å². The Balaban J connectivity index is 2.37. The van der Waals surface area contributed by atoms with Crippen LogP contribution in [0.25, 0.3) is 0 Å². The number of carbonyl (C=O) groups excluding carboxylic acids is 2. The molecular weight excluding hydrogens is 320 g/mol. The molecule has 0 saturated carbocycles. The van der Waals surface area contributed by atoms with E-state index in [0.29, 0.717) is 6.54 Å². The highest BCUT2D eigenvalue weighted by Crippen LogP contribution is 2.14. The number of carbonyl (C=O) groups is 2. The lowest BCUT2D eigenvalue weighted by Gasteiger charge is -2.10. The Kier molecular flexibility index (Phi) is 6.71. The summed E-state index contributed by atoms with van der Waals surface area (Å²) in [4.78, 5) is 23.1. The maximum absolute atomic E-state index is 11.8. The van der Waals surface area contributed by atoms with Crippen LogP contribution < -0.4 is 10.6 Å². The third-order valence-corrected chi connectivity index (χ3v) is 4.15. The second-order valence-corrected chi connectivity index (χ2v) is 5.87. The van der Waals surface area contributed by atoms with E-state index >= 15 is 0 Å². The fourth-order valence-corrected chi connectivity index (χ4v) is 1.80. The Bertz CT molecular complexity index is 489. The monoisotopic (exact) mass is 340 g/mol. The van der Waals surface area contributed by atoms with Crippen molar-refractivity contribution in [1.82, 2.24) is 5.32 Å². The molecule has 0 heterocycles. The first-order valence-corrected chi connectivity index (χ1v) is 7.64. The van der Waals surface area contributed by atoms with Crippen LogP contribution in [-0.4, -0.2) is 23.2 Å². The summed E-state index contributed by atoms with van der Waals surface area (Å²) in [5.74, 6) is -0.178. The number of halogens is 1. The molecule has 0 aliphatic heterocycles. The van der Waals surface area contributed by atoms with Crippen molar-refractivity contribution < 1.29 is 9.59 Å². The number of nitrogens with one attached hydrogen (secondary N) is 2. The maximum Gasteiger partial charge on any atom is 0.233 e. The molecule has 1 aromatic carbocycles. The average Bonchev–Trinajstić information content (AvgIpc) is 2.41. The second kappa shape index (κ2) is 8.04. The molecule has 0 saturated heterocycles. The summed E-state index contributed by atoms with van der Waals surface area (Å²) in [7, 11) is 0. The lowest BCUT2D eigenvalue weighted by Crippen LogP contribution is -2.33. The van der Waals surface area contributed by atoms with Gasteiger partial charge in [0.15, 0.2) is 0 Å². The van der Waals surface area contributed by atoms with Crippen molar-refractivity contribution in [3.63, 3.8) is 0 Å². The average molecular weight is 341 g/mol. The molecule has 0 fully saturated rings. The number of rotatable bonds is 6. The first kappa shape index (κ1) is 16.7. The summed E-state index contributed by atoms with van der Waals surface area (Å²) in [6, 6.07) is 5.80. The first-order valence-electron chi connectivity index (χ1n) is 6.73. The van der Waals surface area contributed by atoms with E-state index in [9.17, 15) is 9.59 Å². The zero-order chi connectivity index (χ0) is 15.1. The Hall–Kier alpha value is -1.36. The number of amides is 2. The van der Waals surface area contributed by atoms with Gasteiger partial charge in [-0.25, -0.2) is 0 Å². The number of anilines is 1. The van der Waals surface area contributed by atoms with Crippen molar-refractivity contribution >= 4 is 33.4 Å². The highest BCUT2D eigenvalue weighted by molar-refractivity contribution is 9.10. The van der Waals surface area contributed by atoms with Crippen LogP contribution in [0.1, 0.15) is 30.9 Å². The lowest BCUT2D eigenvalue weighted by atomic mass is 10.1. The number of aryl methyl sites for hydroxylation is 2. The summed E-state index contributed by atoms with van der Waals surface area (Å²) in [5, 5.41) is 5.55. The minimum Gasteiger partial charge on any atom is -0.355 e. The van der Waals surface area contributed by atoms with Gasteiger partial charge in [0.1, 0.15) is 0 Å². The molecule has 2 amide bonds. The molecule has 20 heavy (non-hydrogen) atoms. The van der Waals surface area contributed by atoms with Crippen LogP contribution in [-0.2, 0) is 9.59 Å². The summed E-state index contributed by atoms with van der Waals surface area (Å²) < 4.78 is 0. The molecule has 0 spiro atoms. The molecule has 1 rings (SSSR count). The van der Waals surface area contributed by atoms with Gasteiger partial charge >= 0.3 is 0 Å². The Morgan fingerprint density at radius 3 is 2.55 bits per heavy atom. The van der Waals surface area contributed by atoms with E-state index in [-0.39, 0.29) is 23.1 Å². The molecule has 0 unspecified atom stereocenters. The predicted molar refractivity (Wildman–Crippen MR) is 85.2 cm³/mol. The molecule has 110 valence electrons. The highest BCUT2D eigenvalue weighted by atomic mass is 79.9. The fraction of sp³-hybridized carbons (Fsp3) is 0.467. The van der Waals surface area contributed by atoms with E-state index in [1.165, 1.54) is 5.56 Å². The first-order chi connectivity index (χ1) is 9.43. The van der Waals surface area contributed by atoms with Gasteiger partial charge in [0.25, 0.3) is 0 Å². The molecule has 1 atom stereocenters. The van der Waals surface area contributed by atoms with Gasteiger partial charge in [0, 0.05) is 18.7 Å². The van der Waals surface area contributed by atoms with Crippen LogP contribution in [0.5, 0.6) is 0 Å². The van der Waals surface area contributed by atoms with E-state index in [0.717, 1.165) is 17.7 Å². The molecule has 5 heteroatoms. The summed E-state index contributed by atoms with van der Waals surface area (Å²) in [5.41, 5.74) is 3.12. The topological polar surface area (TPSA) is 58.2 Å². The van der Waals surface area contributed by atoms with Gasteiger partial charge in [-0.3, -0.25) is 9.59 Å². The number of hydrogen-bond donors (Lipinski definition) is 2. The molecule has 1 aromatic rings. The molecule has 0 bridgehead atoms. The zero-order valence-electron chi connectivity index (χ0n) is 12.1. The number of alkyl halides is 1. The SMILES string of the molecule is CC[C@@H](Br)C(=O)NCCC(=O)Nc1ccc(C)c(C)c1.